The fourth-order valence-electron chi connectivity index (χ4n) is 1.78. The summed E-state index contributed by atoms with van der Waals surface area (Å²) in [5.41, 5.74) is 6.76. The first kappa shape index (κ1) is 14.5. The molecule has 2 rings (SSSR count). The summed E-state index contributed by atoms with van der Waals surface area (Å²) in [7, 11) is 1.54. The molecule has 108 valence electrons. The number of allylic oxidation sites excluding steroid dienone is 1. The van der Waals surface area contributed by atoms with Crippen molar-refractivity contribution in [1.82, 2.24) is 9.97 Å². The van der Waals surface area contributed by atoms with Crippen molar-refractivity contribution in [3.63, 3.8) is 0 Å². The number of aromatic nitrogens is 2. The average Bonchev–Trinajstić information content (AvgIpc) is 2.49. The molecule has 0 saturated carbocycles. The number of anilines is 1. The third-order valence-corrected chi connectivity index (χ3v) is 2.81. The smallest absolute Gasteiger partial charge is 0.235 e. The minimum absolute atomic E-state index is 0.0669. The SMILES string of the molecule is C=CCc1ccc(Oc2ncnc(N)c2C=O)c(OC)c1. The summed E-state index contributed by atoms with van der Waals surface area (Å²) < 4.78 is 10.9. The first-order valence-corrected chi connectivity index (χ1v) is 6.21. The van der Waals surface area contributed by atoms with Crippen LogP contribution in [0.25, 0.3) is 0 Å². The number of methoxy groups -OCH3 is 1. The van der Waals surface area contributed by atoms with Crippen molar-refractivity contribution in [3.8, 4) is 17.4 Å². The number of ether oxygens (including phenoxy) is 2. The van der Waals surface area contributed by atoms with E-state index in [-0.39, 0.29) is 17.3 Å². The Bertz CT molecular complexity index is 671. The van der Waals surface area contributed by atoms with Crippen molar-refractivity contribution in [2.24, 2.45) is 0 Å². The molecule has 1 aromatic carbocycles. The Labute approximate surface area is 122 Å². The third-order valence-electron chi connectivity index (χ3n) is 2.81. The highest BCUT2D eigenvalue weighted by molar-refractivity contribution is 5.84. The molecule has 0 aliphatic heterocycles. The molecule has 0 bridgehead atoms. The van der Waals surface area contributed by atoms with Gasteiger partial charge in [-0.15, -0.1) is 6.58 Å². The van der Waals surface area contributed by atoms with E-state index in [9.17, 15) is 4.79 Å². The molecule has 0 spiro atoms. The van der Waals surface area contributed by atoms with Crippen molar-refractivity contribution < 1.29 is 14.3 Å². The summed E-state index contributed by atoms with van der Waals surface area (Å²) in [6, 6.07) is 5.46. The van der Waals surface area contributed by atoms with E-state index in [0.717, 1.165) is 12.0 Å². The van der Waals surface area contributed by atoms with Crippen LogP contribution in [0, 0.1) is 0 Å². The minimum atomic E-state index is 0.0669. The van der Waals surface area contributed by atoms with Gasteiger partial charge in [-0.1, -0.05) is 12.1 Å². The summed E-state index contributed by atoms with van der Waals surface area (Å²) in [5, 5.41) is 0. The van der Waals surface area contributed by atoms with Gasteiger partial charge in [0.1, 0.15) is 17.7 Å². The molecule has 0 unspecified atom stereocenters. The van der Waals surface area contributed by atoms with Crippen LogP contribution in [0.4, 0.5) is 5.82 Å². The van der Waals surface area contributed by atoms with Crippen LogP contribution in [0.1, 0.15) is 15.9 Å². The van der Waals surface area contributed by atoms with E-state index >= 15 is 0 Å². The molecule has 2 aromatic rings. The molecule has 2 N–H and O–H groups in total. The maximum atomic E-state index is 11.0. The predicted molar refractivity (Wildman–Crippen MR) is 78.8 cm³/mol. The number of carbonyl (C=O) groups excluding carboxylic acids is 1. The van der Waals surface area contributed by atoms with Gasteiger partial charge in [0.25, 0.3) is 0 Å². The maximum absolute atomic E-state index is 11.0. The lowest BCUT2D eigenvalue weighted by molar-refractivity contribution is 0.112. The Morgan fingerprint density at radius 1 is 1.33 bits per heavy atom. The van der Waals surface area contributed by atoms with Crippen molar-refractivity contribution in [2.45, 2.75) is 6.42 Å². The molecule has 0 atom stereocenters. The number of nitrogens with zero attached hydrogens (tertiary/aromatic N) is 2. The van der Waals surface area contributed by atoms with Gasteiger partial charge in [0.05, 0.1) is 7.11 Å². The third kappa shape index (κ3) is 3.17. The second-order valence-corrected chi connectivity index (χ2v) is 4.18. The lowest BCUT2D eigenvalue weighted by Gasteiger charge is -2.12. The van der Waals surface area contributed by atoms with Gasteiger partial charge in [-0.3, -0.25) is 4.79 Å². The van der Waals surface area contributed by atoms with E-state index in [2.05, 4.69) is 16.5 Å². The molecule has 0 radical (unpaired) electrons. The second kappa shape index (κ2) is 6.51. The molecule has 21 heavy (non-hydrogen) atoms. The van der Waals surface area contributed by atoms with E-state index in [0.29, 0.717) is 17.8 Å². The molecule has 1 heterocycles. The Balaban J connectivity index is 2.37. The highest BCUT2D eigenvalue weighted by atomic mass is 16.5. The monoisotopic (exact) mass is 285 g/mol. The zero-order valence-electron chi connectivity index (χ0n) is 11.6. The van der Waals surface area contributed by atoms with Gasteiger partial charge in [0.15, 0.2) is 17.8 Å². The molecule has 0 saturated heterocycles. The highest BCUT2D eigenvalue weighted by Crippen LogP contribution is 2.33. The summed E-state index contributed by atoms with van der Waals surface area (Å²) in [4.78, 5) is 18.7. The minimum Gasteiger partial charge on any atom is -0.493 e. The number of hydrogen-bond acceptors (Lipinski definition) is 6. The summed E-state index contributed by atoms with van der Waals surface area (Å²) in [6.07, 6.45) is 4.31. The standard InChI is InChI=1S/C15H15N3O3/c1-3-4-10-5-6-12(13(7-10)20-2)21-15-11(8-19)14(16)17-9-18-15/h3,5-9H,1,4H2,2H3,(H2,16,17,18). The summed E-state index contributed by atoms with van der Waals surface area (Å²) in [6.45, 7) is 3.69. The number of hydrogen-bond donors (Lipinski definition) is 1. The van der Waals surface area contributed by atoms with Gasteiger partial charge < -0.3 is 15.2 Å². The van der Waals surface area contributed by atoms with Gasteiger partial charge >= 0.3 is 0 Å². The van der Waals surface area contributed by atoms with E-state index < -0.39 is 0 Å². The Hall–Kier alpha value is -2.89. The number of nitrogen functional groups attached to an aromatic ring is 1. The summed E-state index contributed by atoms with van der Waals surface area (Å²) >= 11 is 0. The molecule has 0 aliphatic rings. The molecule has 6 heteroatoms. The Morgan fingerprint density at radius 3 is 2.81 bits per heavy atom. The van der Waals surface area contributed by atoms with E-state index in [1.165, 1.54) is 13.4 Å². The van der Waals surface area contributed by atoms with E-state index in [1.54, 1.807) is 12.1 Å². The van der Waals surface area contributed by atoms with Crippen LogP contribution in [0.5, 0.6) is 17.4 Å². The lowest BCUT2D eigenvalue weighted by atomic mass is 10.1. The first-order valence-electron chi connectivity index (χ1n) is 6.21. The molecule has 0 amide bonds. The van der Waals surface area contributed by atoms with Crippen molar-refractivity contribution in [1.29, 1.82) is 0 Å². The van der Waals surface area contributed by atoms with Crippen LogP contribution < -0.4 is 15.2 Å². The van der Waals surface area contributed by atoms with Crippen molar-refractivity contribution in [2.75, 3.05) is 12.8 Å². The Kier molecular flexibility index (Phi) is 4.50. The lowest BCUT2D eigenvalue weighted by Crippen LogP contribution is -2.02. The fraction of sp³-hybridized carbons (Fsp3) is 0.133. The zero-order chi connectivity index (χ0) is 15.2. The topological polar surface area (TPSA) is 87.3 Å². The quantitative estimate of drug-likeness (QED) is 0.647. The van der Waals surface area contributed by atoms with Crippen LogP contribution in [0.15, 0.2) is 37.2 Å². The van der Waals surface area contributed by atoms with E-state index in [1.807, 2.05) is 12.1 Å². The fourth-order valence-corrected chi connectivity index (χ4v) is 1.78. The van der Waals surface area contributed by atoms with E-state index in [4.69, 9.17) is 15.2 Å². The van der Waals surface area contributed by atoms with Gasteiger partial charge in [-0.25, -0.2) is 9.97 Å². The number of rotatable bonds is 6. The van der Waals surface area contributed by atoms with Crippen molar-refractivity contribution in [3.05, 3.63) is 48.3 Å². The van der Waals surface area contributed by atoms with Crippen LogP contribution in [-0.2, 0) is 6.42 Å². The molecule has 0 fully saturated rings. The van der Waals surface area contributed by atoms with Gasteiger partial charge in [-0.2, -0.15) is 0 Å². The molecule has 1 aromatic heterocycles. The van der Waals surface area contributed by atoms with Crippen molar-refractivity contribution >= 4 is 12.1 Å². The highest BCUT2D eigenvalue weighted by Gasteiger charge is 2.13. The summed E-state index contributed by atoms with van der Waals surface area (Å²) in [5.74, 6) is 1.12. The predicted octanol–water partition coefficient (Wildman–Crippen LogP) is 2.40. The number of nitrogens with two attached hydrogens (primary N) is 1. The normalized spacial score (nSPS) is 9.95. The number of carbonyl (C=O) groups is 1. The zero-order valence-corrected chi connectivity index (χ0v) is 11.6. The number of aldehydes is 1. The van der Waals surface area contributed by atoms with Crippen LogP contribution >= 0.6 is 0 Å². The molecule has 0 aliphatic carbocycles. The van der Waals surface area contributed by atoms with Crippen LogP contribution in [0.3, 0.4) is 0 Å². The molecular weight excluding hydrogens is 270 g/mol. The van der Waals surface area contributed by atoms with Gasteiger partial charge in [0, 0.05) is 0 Å². The van der Waals surface area contributed by atoms with Gasteiger partial charge in [0.2, 0.25) is 5.88 Å². The second-order valence-electron chi connectivity index (χ2n) is 4.18. The van der Waals surface area contributed by atoms with Crippen LogP contribution in [0.2, 0.25) is 0 Å². The molecular formula is C15H15N3O3. The Morgan fingerprint density at radius 2 is 2.14 bits per heavy atom. The maximum Gasteiger partial charge on any atom is 0.235 e. The van der Waals surface area contributed by atoms with Gasteiger partial charge in [-0.05, 0) is 24.1 Å². The molecule has 6 nitrogen and oxygen atoms in total. The largest absolute Gasteiger partial charge is 0.493 e. The number of benzene rings is 1. The first-order chi connectivity index (χ1) is 10.2. The average molecular weight is 285 g/mol. The van der Waals surface area contributed by atoms with Crippen LogP contribution in [-0.4, -0.2) is 23.4 Å².